The van der Waals surface area contributed by atoms with Crippen molar-refractivity contribution in [3.63, 3.8) is 0 Å². The second-order valence-electron chi connectivity index (χ2n) is 10.3. The number of cyclic esters (lactones) is 1. The molecule has 3 rings (SSSR count). The molecule has 1 aromatic carbocycles. The van der Waals surface area contributed by atoms with E-state index in [2.05, 4.69) is 5.32 Å². The second kappa shape index (κ2) is 10.8. The molecule has 0 bridgehead atoms. The van der Waals surface area contributed by atoms with Gasteiger partial charge in [-0.3, -0.25) is 10.1 Å². The van der Waals surface area contributed by atoms with E-state index in [1.807, 2.05) is 0 Å². The molecule has 3 atom stereocenters. The van der Waals surface area contributed by atoms with Crippen molar-refractivity contribution in [2.75, 3.05) is 12.4 Å². The third kappa shape index (κ3) is 7.18. The molecule has 36 heavy (non-hydrogen) atoms. The fraction of sp³-hybridized carbons (Fsp3) is 0.519. The number of methoxy groups -OCH3 is 1. The molecule has 2 aliphatic rings. The van der Waals surface area contributed by atoms with Gasteiger partial charge in [0.15, 0.2) is 11.6 Å². The Morgan fingerprint density at radius 2 is 1.78 bits per heavy atom. The maximum absolute atomic E-state index is 13.3. The number of ether oxygens (including phenoxy) is 5. The molecule has 1 aromatic rings. The van der Waals surface area contributed by atoms with Crippen molar-refractivity contribution in [1.29, 1.82) is 0 Å². The highest BCUT2D eigenvalue weighted by Gasteiger charge is 2.43. The van der Waals surface area contributed by atoms with E-state index in [9.17, 15) is 14.4 Å². The van der Waals surface area contributed by atoms with E-state index in [1.165, 1.54) is 19.3 Å². The first-order valence-electron chi connectivity index (χ1n) is 11.9. The fourth-order valence-corrected chi connectivity index (χ4v) is 3.96. The van der Waals surface area contributed by atoms with Gasteiger partial charge in [0, 0.05) is 12.5 Å². The minimum Gasteiger partial charge on any atom is -0.497 e. The molecule has 1 fully saturated rings. The molecule has 9 heteroatoms. The second-order valence-corrected chi connectivity index (χ2v) is 10.3. The third-order valence-electron chi connectivity index (χ3n) is 5.41. The van der Waals surface area contributed by atoms with Crippen LogP contribution in [-0.4, -0.2) is 54.7 Å². The summed E-state index contributed by atoms with van der Waals surface area (Å²) in [7, 11) is 1.49. The number of fused-ring (bicyclic) bond motifs is 2. The summed E-state index contributed by atoms with van der Waals surface area (Å²) in [5.41, 5.74) is 0.0813. The minimum absolute atomic E-state index is 0.155. The smallest absolute Gasteiger partial charge is 0.412 e. The molecule has 2 aliphatic heterocycles. The quantitative estimate of drug-likeness (QED) is 0.562. The molecule has 196 valence electrons. The zero-order valence-corrected chi connectivity index (χ0v) is 21.9. The Morgan fingerprint density at radius 1 is 1.08 bits per heavy atom. The lowest BCUT2D eigenvalue weighted by Crippen LogP contribution is -2.30. The van der Waals surface area contributed by atoms with Gasteiger partial charge >= 0.3 is 12.1 Å². The number of amides is 1. The summed E-state index contributed by atoms with van der Waals surface area (Å²) in [6.45, 7) is 10.5. The monoisotopic (exact) mass is 501 g/mol. The van der Waals surface area contributed by atoms with Crippen LogP contribution in [-0.2, 0) is 23.7 Å². The number of anilines is 1. The number of carbonyl (C=O) groups is 3. The van der Waals surface area contributed by atoms with Crippen LogP contribution >= 0.6 is 0 Å². The molecule has 2 heterocycles. The summed E-state index contributed by atoms with van der Waals surface area (Å²) < 4.78 is 28.2. The molecule has 0 aromatic heterocycles. The van der Waals surface area contributed by atoms with Crippen molar-refractivity contribution < 1.29 is 38.1 Å². The normalized spacial score (nSPS) is 26.0. The highest BCUT2D eigenvalue weighted by molar-refractivity contribution is 6.03. The van der Waals surface area contributed by atoms with Gasteiger partial charge in [0.2, 0.25) is 0 Å². The predicted molar refractivity (Wildman–Crippen MR) is 134 cm³/mol. The Labute approximate surface area is 211 Å². The molecular weight excluding hydrogens is 466 g/mol. The lowest BCUT2D eigenvalue weighted by molar-refractivity contribution is -0.152. The van der Waals surface area contributed by atoms with E-state index in [4.69, 9.17) is 23.7 Å². The summed E-state index contributed by atoms with van der Waals surface area (Å²) in [4.78, 5) is 38.6. The van der Waals surface area contributed by atoms with Crippen molar-refractivity contribution in [2.24, 2.45) is 0 Å². The standard InChI is InChI=1S/C27H35NO8/c1-16-10-8-12-20(29)23-21(34-27(5,6)35-23)13-9-11-17-14-18(32-7)15-19(22(17)24(30)33-16)28-25(31)36-26(2,3)4/h8-9,11-12,14-16,21,23H,10,13H2,1-7H3,(H,28,31)/b11-9+,12-8-/t16-,21-,23?/m0/s1. The molecule has 0 radical (unpaired) electrons. The summed E-state index contributed by atoms with van der Waals surface area (Å²) in [6, 6.07) is 3.21. The first-order valence-corrected chi connectivity index (χ1v) is 11.9. The van der Waals surface area contributed by atoms with Crippen LogP contribution in [0, 0.1) is 0 Å². The molecule has 0 saturated carbocycles. The molecule has 0 spiro atoms. The Hall–Kier alpha value is -3.17. The van der Waals surface area contributed by atoms with Crippen LogP contribution < -0.4 is 10.1 Å². The van der Waals surface area contributed by atoms with Crippen molar-refractivity contribution in [3.05, 3.63) is 41.5 Å². The van der Waals surface area contributed by atoms with Gasteiger partial charge in [-0.1, -0.05) is 18.2 Å². The van der Waals surface area contributed by atoms with Gasteiger partial charge in [-0.25, -0.2) is 9.59 Å². The molecular formula is C27H35NO8. The average molecular weight is 502 g/mol. The number of carbonyl (C=O) groups excluding carboxylic acids is 3. The summed E-state index contributed by atoms with van der Waals surface area (Å²) >= 11 is 0. The van der Waals surface area contributed by atoms with Crippen LogP contribution in [0.4, 0.5) is 10.5 Å². The highest BCUT2D eigenvalue weighted by Crippen LogP contribution is 2.33. The molecule has 9 nitrogen and oxygen atoms in total. The first kappa shape index (κ1) is 27.4. The third-order valence-corrected chi connectivity index (χ3v) is 5.41. The van der Waals surface area contributed by atoms with E-state index in [0.29, 0.717) is 24.2 Å². The molecule has 1 unspecified atom stereocenters. The Balaban J connectivity index is 2.04. The largest absolute Gasteiger partial charge is 0.497 e. The summed E-state index contributed by atoms with van der Waals surface area (Å²) in [5, 5.41) is 2.66. The average Bonchev–Trinajstić information content (AvgIpc) is 3.05. The van der Waals surface area contributed by atoms with E-state index in [0.717, 1.165) is 0 Å². The summed E-state index contributed by atoms with van der Waals surface area (Å²) in [5.74, 6) is -1.32. The van der Waals surface area contributed by atoms with E-state index >= 15 is 0 Å². The molecule has 0 aliphatic carbocycles. The van der Waals surface area contributed by atoms with Crippen LogP contribution in [0.3, 0.4) is 0 Å². The lowest BCUT2D eigenvalue weighted by Gasteiger charge is -2.22. The first-order chi connectivity index (χ1) is 16.8. The van der Waals surface area contributed by atoms with E-state index in [-0.39, 0.29) is 17.0 Å². The summed E-state index contributed by atoms with van der Waals surface area (Å²) in [6.07, 6.45) is 4.75. The van der Waals surface area contributed by atoms with Crippen molar-refractivity contribution in [2.45, 2.75) is 84.1 Å². The van der Waals surface area contributed by atoms with Gasteiger partial charge in [0.25, 0.3) is 0 Å². The van der Waals surface area contributed by atoms with E-state index in [1.54, 1.807) is 65.8 Å². The predicted octanol–water partition coefficient (Wildman–Crippen LogP) is 5.04. The van der Waals surface area contributed by atoms with Crippen LogP contribution in [0.15, 0.2) is 30.4 Å². The number of ketones is 1. The Kier molecular flexibility index (Phi) is 8.26. The van der Waals surface area contributed by atoms with Crippen molar-refractivity contribution >= 4 is 29.6 Å². The van der Waals surface area contributed by atoms with Gasteiger partial charge < -0.3 is 23.7 Å². The SMILES string of the molecule is COc1cc2c(c(NC(=O)OC(C)(C)C)c1)C(=O)O[C@@H](C)C/C=C\C(=O)C1OC(C)(C)O[C@H]1C/C=C/2. The van der Waals surface area contributed by atoms with Crippen LogP contribution in [0.25, 0.3) is 6.08 Å². The van der Waals surface area contributed by atoms with Crippen LogP contribution in [0.1, 0.15) is 70.3 Å². The fourth-order valence-electron chi connectivity index (χ4n) is 3.96. The van der Waals surface area contributed by atoms with Crippen LogP contribution in [0.2, 0.25) is 0 Å². The van der Waals surface area contributed by atoms with E-state index < -0.39 is 41.8 Å². The van der Waals surface area contributed by atoms with Crippen molar-refractivity contribution in [1.82, 2.24) is 0 Å². The zero-order valence-electron chi connectivity index (χ0n) is 21.9. The molecule has 1 N–H and O–H groups in total. The maximum atomic E-state index is 13.3. The highest BCUT2D eigenvalue weighted by atomic mass is 16.8. The zero-order chi connectivity index (χ0) is 26.7. The number of nitrogens with one attached hydrogen (secondary N) is 1. The number of hydrogen-bond acceptors (Lipinski definition) is 8. The van der Waals surface area contributed by atoms with Gasteiger partial charge in [-0.2, -0.15) is 0 Å². The van der Waals surface area contributed by atoms with Crippen molar-refractivity contribution in [3.8, 4) is 5.75 Å². The van der Waals surface area contributed by atoms with Crippen LogP contribution in [0.5, 0.6) is 5.75 Å². The molecule has 1 amide bonds. The van der Waals surface area contributed by atoms with Gasteiger partial charge in [-0.05, 0) is 65.7 Å². The number of rotatable bonds is 2. The Morgan fingerprint density at radius 3 is 2.44 bits per heavy atom. The topological polar surface area (TPSA) is 109 Å². The lowest BCUT2D eigenvalue weighted by atomic mass is 10.0. The number of benzene rings is 1. The van der Waals surface area contributed by atoms with Gasteiger partial charge in [-0.15, -0.1) is 0 Å². The minimum atomic E-state index is -0.904. The van der Waals surface area contributed by atoms with Gasteiger partial charge in [0.1, 0.15) is 23.6 Å². The number of esters is 1. The molecule has 1 saturated heterocycles. The maximum Gasteiger partial charge on any atom is 0.412 e. The van der Waals surface area contributed by atoms with Gasteiger partial charge in [0.05, 0.1) is 24.5 Å². The number of hydrogen-bond donors (Lipinski definition) is 1. The Bertz CT molecular complexity index is 1070.